The highest BCUT2D eigenvalue weighted by Gasteiger charge is 2.28. The van der Waals surface area contributed by atoms with Gasteiger partial charge in [-0.1, -0.05) is 0 Å². The molecule has 2 aromatic heterocycles. The number of ether oxygens (including phenoxy) is 1. The Bertz CT molecular complexity index is 1310. The lowest BCUT2D eigenvalue weighted by molar-refractivity contribution is 0.0500. The fraction of sp³-hybridized carbons (Fsp3) is 0.455. The lowest BCUT2D eigenvalue weighted by Crippen LogP contribution is -2.49. The van der Waals surface area contributed by atoms with Gasteiger partial charge in [-0.05, 0) is 57.9 Å². The molecule has 0 spiro atoms. The summed E-state index contributed by atoms with van der Waals surface area (Å²) in [7, 11) is -3.32. The number of benzene rings is 1. The van der Waals surface area contributed by atoms with E-state index in [1.807, 2.05) is 20.8 Å². The van der Waals surface area contributed by atoms with Crippen LogP contribution in [0, 0.1) is 0 Å². The maximum atomic E-state index is 12.3. The van der Waals surface area contributed by atoms with Crippen LogP contribution in [0.4, 0.5) is 16.4 Å². The van der Waals surface area contributed by atoms with Crippen LogP contribution in [0.15, 0.2) is 35.5 Å². The molecule has 1 atom stereocenters. The van der Waals surface area contributed by atoms with Crippen LogP contribution in [0.5, 0.6) is 0 Å². The number of carbonyl (C=O) groups excluding carboxylic acids is 1. The van der Waals surface area contributed by atoms with Gasteiger partial charge in [0.15, 0.2) is 21.3 Å². The molecular weight excluding hydrogens is 458 g/mol. The summed E-state index contributed by atoms with van der Waals surface area (Å²) in [4.78, 5) is 23.1. The third-order valence-corrected chi connectivity index (χ3v) is 6.56. The van der Waals surface area contributed by atoms with Crippen LogP contribution in [0.25, 0.3) is 16.7 Å². The number of nitrogens with one attached hydrogen (secondary N) is 1. The molecular formula is C22H29N7O4S. The van der Waals surface area contributed by atoms with E-state index in [0.717, 1.165) is 25.6 Å². The summed E-state index contributed by atoms with van der Waals surface area (Å²) in [5.74, 6) is 0.900. The summed E-state index contributed by atoms with van der Waals surface area (Å²) in [5.41, 5.74) is 6.80. The molecule has 11 nitrogen and oxygen atoms in total. The molecule has 1 aliphatic rings. The first-order valence-corrected chi connectivity index (χ1v) is 12.9. The topological polar surface area (TPSA) is 145 Å². The van der Waals surface area contributed by atoms with E-state index in [-0.39, 0.29) is 10.9 Å². The maximum absolute atomic E-state index is 12.3. The van der Waals surface area contributed by atoms with Crippen LogP contribution in [0.1, 0.15) is 33.6 Å². The number of alkyl carbamates (subject to hydrolysis) is 1. The minimum Gasteiger partial charge on any atom is -0.444 e. The molecule has 0 saturated carbocycles. The second-order valence-corrected chi connectivity index (χ2v) is 11.4. The van der Waals surface area contributed by atoms with Crippen molar-refractivity contribution in [3.05, 3.63) is 30.6 Å². The molecule has 3 aromatic rings. The fourth-order valence-electron chi connectivity index (χ4n) is 3.95. The average Bonchev–Trinajstić information content (AvgIpc) is 3.13. The molecule has 1 fully saturated rings. The van der Waals surface area contributed by atoms with Crippen molar-refractivity contribution in [2.24, 2.45) is 0 Å². The molecule has 4 rings (SSSR count). The quantitative estimate of drug-likeness (QED) is 0.566. The Morgan fingerprint density at radius 1 is 1.21 bits per heavy atom. The number of rotatable bonds is 4. The van der Waals surface area contributed by atoms with E-state index < -0.39 is 21.5 Å². The Kier molecular flexibility index (Phi) is 6.11. The predicted octanol–water partition coefficient (Wildman–Crippen LogP) is 2.29. The van der Waals surface area contributed by atoms with E-state index in [4.69, 9.17) is 15.6 Å². The molecule has 34 heavy (non-hydrogen) atoms. The molecule has 0 unspecified atom stereocenters. The number of sulfone groups is 1. The van der Waals surface area contributed by atoms with Gasteiger partial charge in [-0.15, -0.1) is 5.10 Å². The average molecular weight is 488 g/mol. The minimum absolute atomic E-state index is 0.122. The summed E-state index contributed by atoms with van der Waals surface area (Å²) < 4.78 is 30.7. The molecule has 3 N–H and O–H groups in total. The number of nitrogens with zero attached hydrogens (tertiary/aromatic N) is 5. The zero-order valence-electron chi connectivity index (χ0n) is 19.6. The number of amides is 1. The van der Waals surface area contributed by atoms with Gasteiger partial charge in [0, 0.05) is 25.4 Å². The molecule has 0 bridgehead atoms. The zero-order chi connectivity index (χ0) is 24.7. The van der Waals surface area contributed by atoms with Crippen molar-refractivity contribution in [1.29, 1.82) is 0 Å². The molecule has 1 amide bonds. The van der Waals surface area contributed by atoms with Crippen LogP contribution in [-0.4, -0.2) is 65.2 Å². The SMILES string of the molecule is CC(C)(C)OC(=O)N[C@@H]1CCCN(c2nn(-c3ccc(S(C)(=O)=O)cc3)c3ncnc(N)c23)C1. The lowest BCUT2D eigenvalue weighted by Gasteiger charge is -2.33. The van der Waals surface area contributed by atoms with Crippen LogP contribution < -0.4 is 16.0 Å². The van der Waals surface area contributed by atoms with Crippen molar-refractivity contribution in [3.8, 4) is 5.69 Å². The Morgan fingerprint density at radius 2 is 1.91 bits per heavy atom. The fourth-order valence-corrected chi connectivity index (χ4v) is 4.58. The number of fused-ring (bicyclic) bond motifs is 1. The summed E-state index contributed by atoms with van der Waals surface area (Å²) >= 11 is 0. The Morgan fingerprint density at radius 3 is 2.56 bits per heavy atom. The van der Waals surface area contributed by atoms with E-state index in [2.05, 4.69) is 20.2 Å². The first-order valence-electron chi connectivity index (χ1n) is 11.0. The van der Waals surface area contributed by atoms with Gasteiger partial charge >= 0.3 is 6.09 Å². The highest BCUT2D eigenvalue weighted by Crippen LogP contribution is 2.32. The Labute approximate surface area is 198 Å². The summed E-state index contributed by atoms with van der Waals surface area (Å²) in [5, 5.41) is 8.32. The van der Waals surface area contributed by atoms with Crippen molar-refractivity contribution in [3.63, 3.8) is 0 Å². The molecule has 3 heterocycles. The summed E-state index contributed by atoms with van der Waals surface area (Å²) in [6.45, 7) is 6.71. The van der Waals surface area contributed by atoms with Gasteiger partial charge in [0.25, 0.3) is 0 Å². The van der Waals surface area contributed by atoms with E-state index in [9.17, 15) is 13.2 Å². The van der Waals surface area contributed by atoms with Gasteiger partial charge in [-0.2, -0.15) is 0 Å². The molecule has 182 valence electrons. The monoisotopic (exact) mass is 487 g/mol. The predicted molar refractivity (Wildman–Crippen MR) is 129 cm³/mol. The molecule has 1 saturated heterocycles. The smallest absolute Gasteiger partial charge is 0.407 e. The number of nitrogens with two attached hydrogens (primary N) is 1. The number of aromatic nitrogens is 4. The number of hydrogen-bond acceptors (Lipinski definition) is 9. The first kappa shape index (κ1) is 23.7. The van der Waals surface area contributed by atoms with E-state index >= 15 is 0 Å². The Balaban J connectivity index is 1.66. The van der Waals surface area contributed by atoms with Crippen molar-refractivity contribution >= 4 is 38.6 Å². The number of nitrogen functional groups attached to an aromatic ring is 1. The van der Waals surface area contributed by atoms with Crippen molar-refractivity contribution in [2.45, 2.75) is 50.2 Å². The third kappa shape index (κ3) is 5.06. The van der Waals surface area contributed by atoms with E-state index in [0.29, 0.717) is 34.9 Å². The van der Waals surface area contributed by atoms with Gasteiger partial charge < -0.3 is 20.7 Å². The van der Waals surface area contributed by atoms with E-state index in [1.165, 1.54) is 18.5 Å². The second kappa shape index (κ2) is 8.75. The van der Waals surface area contributed by atoms with Crippen LogP contribution in [0.3, 0.4) is 0 Å². The molecule has 12 heteroatoms. The standard InChI is InChI=1S/C22H29N7O4S/c1-22(2,3)33-21(30)26-14-6-5-11-28(12-14)20-17-18(23)24-13-25-19(17)29(27-20)15-7-9-16(10-8-15)34(4,31)32/h7-10,13-14H,5-6,11-12H2,1-4H3,(H,26,30)(H2,23,24,25)/t14-/m1/s1. The van der Waals surface area contributed by atoms with Gasteiger partial charge in [-0.25, -0.2) is 27.9 Å². The maximum Gasteiger partial charge on any atom is 0.407 e. The highest BCUT2D eigenvalue weighted by molar-refractivity contribution is 7.90. The third-order valence-electron chi connectivity index (χ3n) is 5.43. The number of anilines is 2. The number of carbonyl (C=O) groups is 1. The van der Waals surface area contributed by atoms with Crippen LogP contribution in [0.2, 0.25) is 0 Å². The van der Waals surface area contributed by atoms with Crippen LogP contribution in [-0.2, 0) is 14.6 Å². The largest absolute Gasteiger partial charge is 0.444 e. The number of piperidine rings is 1. The second-order valence-electron chi connectivity index (χ2n) is 9.39. The van der Waals surface area contributed by atoms with Gasteiger partial charge in [0.2, 0.25) is 0 Å². The normalized spacial score (nSPS) is 17.1. The van der Waals surface area contributed by atoms with E-state index in [1.54, 1.807) is 16.8 Å². The van der Waals surface area contributed by atoms with Crippen LogP contribution >= 0.6 is 0 Å². The highest BCUT2D eigenvalue weighted by atomic mass is 32.2. The first-order chi connectivity index (χ1) is 15.9. The molecule has 1 aromatic carbocycles. The minimum atomic E-state index is -3.32. The molecule has 1 aliphatic heterocycles. The summed E-state index contributed by atoms with van der Waals surface area (Å²) in [6.07, 6.45) is 3.73. The van der Waals surface area contributed by atoms with Gasteiger partial charge in [-0.3, -0.25) is 0 Å². The Hall–Kier alpha value is -3.41. The zero-order valence-corrected chi connectivity index (χ0v) is 20.5. The lowest BCUT2D eigenvalue weighted by atomic mass is 10.1. The van der Waals surface area contributed by atoms with Gasteiger partial charge in [0.1, 0.15) is 23.1 Å². The number of hydrogen-bond donors (Lipinski definition) is 2. The van der Waals surface area contributed by atoms with Crippen molar-refractivity contribution in [2.75, 3.05) is 30.0 Å². The van der Waals surface area contributed by atoms with Crippen molar-refractivity contribution < 1.29 is 17.9 Å². The summed E-state index contributed by atoms with van der Waals surface area (Å²) in [6, 6.07) is 6.29. The molecule has 0 radical (unpaired) electrons. The van der Waals surface area contributed by atoms with Gasteiger partial charge in [0.05, 0.1) is 10.6 Å². The van der Waals surface area contributed by atoms with Crippen molar-refractivity contribution in [1.82, 2.24) is 25.1 Å². The molecule has 0 aliphatic carbocycles.